The third-order valence-corrected chi connectivity index (χ3v) is 5.91. The molecule has 0 aliphatic heterocycles. The van der Waals surface area contributed by atoms with Gasteiger partial charge in [0.25, 0.3) is 0 Å². The summed E-state index contributed by atoms with van der Waals surface area (Å²) in [5, 5.41) is 2.52. The van der Waals surface area contributed by atoms with Crippen LogP contribution in [0.1, 0.15) is 5.56 Å². The van der Waals surface area contributed by atoms with Crippen molar-refractivity contribution < 1.29 is 17.6 Å². The summed E-state index contributed by atoms with van der Waals surface area (Å²) in [5.41, 5.74) is 0.939. The molecule has 0 fully saturated rings. The van der Waals surface area contributed by atoms with E-state index in [4.69, 9.17) is 0 Å². The molecule has 2 rings (SSSR count). The van der Waals surface area contributed by atoms with Crippen LogP contribution in [0.25, 0.3) is 0 Å². The van der Waals surface area contributed by atoms with Crippen LogP contribution >= 0.6 is 15.9 Å². The smallest absolute Gasteiger partial charge is 0.244 e. The Morgan fingerprint density at radius 1 is 1.33 bits per heavy atom. The van der Waals surface area contributed by atoms with Crippen LogP contribution < -0.4 is 5.32 Å². The SMILES string of the molecule is Cc1ccc(NC(=O)CN(C)S(=O)(=O)c2ccc(F)cc2Br)nc1. The van der Waals surface area contributed by atoms with Gasteiger partial charge in [-0.3, -0.25) is 4.79 Å². The Labute approximate surface area is 147 Å². The number of halogens is 2. The summed E-state index contributed by atoms with van der Waals surface area (Å²) < 4.78 is 39.0. The van der Waals surface area contributed by atoms with Gasteiger partial charge < -0.3 is 5.32 Å². The van der Waals surface area contributed by atoms with Crippen LogP contribution in [0.4, 0.5) is 10.2 Å². The molecule has 0 aliphatic carbocycles. The largest absolute Gasteiger partial charge is 0.310 e. The zero-order valence-corrected chi connectivity index (χ0v) is 15.4. The van der Waals surface area contributed by atoms with Crippen LogP contribution in [-0.4, -0.2) is 37.2 Å². The fourth-order valence-electron chi connectivity index (χ4n) is 1.86. The summed E-state index contributed by atoms with van der Waals surface area (Å²) in [5.74, 6) is -0.762. The van der Waals surface area contributed by atoms with Crippen molar-refractivity contribution in [2.24, 2.45) is 0 Å². The lowest BCUT2D eigenvalue weighted by molar-refractivity contribution is -0.116. The summed E-state index contributed by atoms with van der Waals surface area (Å²) in [4.78, 5) is 15.9. The third-order valence-electron chi connectivity index (χ3n) is 3.13. The highest BCUT2D eigenvalue weighted by Gasteiger charge is 2.25. The highest BCUT2D eigenvalue weighted by Crippen LogP contribution is 2.25. The first-order chi connectivity index (χ1) is 11.2. The van der Waals surface area contributed by atoms with Gasteiger partial charge in [-0.05, 0) is 52.7 Å². The number of pyridine rings is 1. The van der Waals surface area contributed by atoms with E-state index in [1.807, 2.05) is 6.92 Å². The van der Waals surface area contributed by atoms with Crippen LogP contribution in [0.2, 0.25) is 0 Å². The summed E-state index contributed by atoms with van der Waals surface area (Å²) in [7, 11) is -2.67. The van der Waals surface area contributed by atoms with Crippen LogP contribution in [0.5, 0.6) is 0 Å². The molecule has 1 amide bonds. The zero-order valence-electron chi connectivity index (χ0n) is 13.0. The lowest BCUT2D eigenvalue weighted by atomic mass is 10.3. The molecule has 1 N–H and O–H groups in total. The van der Waals surface area contributed by atoms with Crippen LogP contribution in [0, 0.1) is 12.7 Å². The van der Waals surface area contributed by atoms with Gasteiger partial charge in [-0.25, -0.2) is 17.8 Å². The average Bonchev–Trinajstić information content (AvgIpc) is 2.49. The van der Waals surface area contributed by atoms with Crippen molar-refractivity contribution in [2.75, 3.05) is 18.9 Å². The van der Waals surface area contributed by atoms with E-state index in [1.165, 1.54) is 7.05 Å². The van der Waals surface area contributed by atoms with E-state index in [9.17, 15) is 17.6 Å². The van der Waals surface area contributed by atoms with Crippen LogP contribution in [0.15, 0.2) is 45.9 Å². The Bertz CT molecular complexity index is 857. The molecular formula is C15H15BrFN3O3S. The molecular weight excluding hydrogens is 401 g/mol. The number of sulfonamides is 1. The predicted octanol–water partition coefficient (Wildman–Crippen LogP) is 2.55. The van der Waals surface area contributed by atoms with Crippen molar-refractivity contribution in [3.8, 4) is 0 Å². The first kappa shape index (κ1) is 18.5. The molecule has 0 unspecified atom stereocenters. The fourth-order valence-corrected chi connectivity index (χ4v) is 4.00. The number of aryl methyl sites for hydroxylation is 1. The first-order valence-corrected chi connectivity index (χ1v) is 9.07. The van der Waals surface area contributed by atoms with Crippen molar-refractivity contribution in [1.82, 2.24) is 9.29 Å². The number of likely N-dealkylation sites (N-methyl/N-ethyl adjacent to an activating group) is 1. The molecule has 0 saturated carbocycles. The molecule has 0 saturated heterocycles. The number of hydrogen-bond donors (Lipinski definition) is 1. The number of carbonyl (C=O) groups is 1. The van der Waals surface area contributed by atoms with E-state index in [0.29, 0.717) is 5.82 Å². The maximum atomic E-state index is 13.1. The molecule has 0 spiro atoms. The van der Waals surface area contributed by atoms with E-state index in [-0.39, 0.29) is 9.37 Å². The quantitative estimate of drug-likeness (QED) is 0.813. The van der Waals surface area contributed by atoms with Crippen molar-refractivity contribution in [2.45, 2.75) is 11.8 Å². The van der Waals surface area contributed by atoms with E-state index >= 15 is 0 Å². The van der Waals surface area contributed by atoms with Gasteiger partial charge in [0.1, 0.15) is 11.6 Å². The van der Waals surface area contributed by atoms with E-state index in [1.54, 1.807) is 18.3 Å². The standard InChI is InChI=1S/C15H15BrFN3O3S/c1-10-3-6-14(18-8-10)19-15(21)9-20(2)24(22,23)13-5-4-11(17)7-12(13)16/h3-8H,9H2,1-2H3,(H,18,19,21). The summed E-state index contributed by atoms with van der Waals surface area (Å²) in [6.45, 7) is 1.46. The zero-order chi connectivity index (χ0) is 17.9. The monoisotopic (exact) mass is 415 g/mol. The minimum atomic E-state index is -3.94. The second-order valence-electron chi connectivity index (χ2n) is 5.10. The highest BCUT2D eigenvalue weighted by atomic mass is 79.9. The lowest BCUT2D eigenvalue weighted by Gasteiger charge is -2.17. The molecule has 1 aromatic carbocycles. The number of nitrogens with one attached hydrogen (secondary N) is 1. The normalized spacial score (nSPS) is 11.5. The van der Waals surface area contributed by atoms with Crippen LogP contribution in [0.3, 0.4) is 0 Å². The molecule has 1 aromatic heterocycles. The number of carbonyl (C=O) groups excluding carboxylic acids is 1. The Kier molecular flexibility index (Phi) is 5.68. The summed E-state index contributed by atoms with van der Waals surface area (Å²) in [6.07, 6.45) is 1.59. The first-order valence-electron chi connectivity index (χ1n) is 6.84. The number of amides is 1. The highest BCUT2D eigenvalue weighted by molar-refractivity contribution is 9.10. The van der Waals surface area contributed by atoms with Gasteiger partial charge in [-0.15, -0.1) is 0 Å². The maximum absolute atomic E-state index is 13.1. The van der Waals surface area contributed by atoms with E-state index < -0.39 is 28.3 Å². The molecule has 24 heavy (non-hydrogen) atoms. The Morgan fingerprint density at radius 3 is 2.62 bits per heavy atom. The van der Waals surface area contributed by atoms with Gasteiger partial charge in [0.2, 0.25) is 15.9 Å². The molecule has 9 heteroatoms. The van der Waals surface area contributed by atoms with Gasteiger partial charge >= 0.3 is 0 Å². The molecule has 0 bridgehead atoms. The average molecular weight is 416 g/mol. The molecule has 0 atom stereocenters. The Hall–Kier alpha value is -1.84. The summed E-state index contributed by atoms with van der Waals surface area (Å²) >= 11 is 3.02. The summed E-state index contributed by atoms with van der Waals surface area (Å²) in [6, 6.07) is 6.64. The number of nitrogens with zero attached hydrogens (tertiary/aromatic N) is 2. The maximum Gasteiger partial charge on any atom is 0.244 e. The number of anilines is 1. The number of rotatable bonds is 5. The van der Waals surface area contributed by atoms with E-state index in [2.05, 4.69) is 26.2 Å². The predicted molar refractivity (Wildman–Crippen MR) is 91.5 cm³/mol. The van der Waals surface area contributed by atoms with Gasteiger partial charge in [-0.1, -0.05) is 6.07 Å². The minimum Gasteiger partial charge on any atom is -0.310 e. The Morgan fingerprint density at radius 2 is 2.04 bits per heavy atom. The van der Waals surface area contributed by atoms with Gasteiger partial charge in [-0.2, -0.15) is 4.31 Å². The lowest BCUT2D eigenvalue weighted by Crippen LogP contribution is -2.35. The fraction of sp³-hybridized carbons (Fsp3) is 0.200. The molecule has 0 aliphatic rings. The third kappa shape index (κ3) is 4.37. The Balaban J connectivity index is 2.11. The molecule has 2 aromatic rings. The number of hydrogen-bond acceptors (Lipinski definition) is 4. The molecule has 0 radical (unpaired) electrons. The van der Waals surface area contributed by atoms with Crippen molar-refractivity contribution in [3.05, 3.63) is 52.4 Å². The second-order valence-corrected chi connectivity index (χ2v) is 7.97. The van der Waals surface area contributed by atoms with Gasteiger partial charge in [0.05, 0.1) is 11.4 Å². The minimum absolute atomic E-state index is 0.0926. The van der Waals surface area contributed by atoms with Crippen molar-refractivity contribution in [1.29, 1.82) is 0 Å². The number of aromatic nitrogens is 1. The van der Waals surface area contributed by atoms with Crippen molar-refractivity contribution >= 4 is 37.7 Å². The van der Waals surface area contributed by atoms with Gasteiger partial charge in [0, 0.05) is 17.7 Å². The van der Waals surface area contributed by atoms with Crippen LogP contribution in [-0.2, 0) is 14.8 Å². The topological polar surface area (TPSA) is 79.4 Å². The number of benzene rings is 1. The van der Waals surface area contributed by atoms with E-state index in [0.717, 1.165) is 28.1 Å². The van der Waals surface area contributed by atoms with Gasteiger partial charge in [0.15, 0.2) is 0 Å². The second kappa shape index (κ2) is 7.37. The molecule has 128 valence electrons. The molecule has 1 heterocycles. The molecule has 6 nitrogen and oxygen atoms in total. The van der Waals surface area contributed by atoms with Crippen molar-refractivity contribution in [3.63, 3.8) is 0 Å².